The minimum atomic E-state index is -0.880. The van der Waals surface area contributed by atoms with E-state index >= 15 is 0 Å². The first kappa shape index (κ1) is 14.0. The fraction of sp³-hybridized carbons (Fsp3) is 0.500. The van der Waals surface area contributed by atoms with Crippen molar-refractivity contribution in [2.75, 3.05) is 19.7 Å². The maximum atomic E-state index is 13.1. The number of halogens is 1. The molecule has 0 unspecified atom stereocenters. The fourth-order valence-electron chi connectivity index (χ4n) is 2.35. The van der Waals surface area contributed by atoms with Crippen LogP contribution in [-0.2, 0) is 16.1 Å². The highest BCUT2D eigenvalue weighted by molar-refractivity contribution is 5.69. The van der Waals surface area contributed by atoms with Gasteiger partial charge in [-0.15, -0.1) is 0 Å². The highest BCUT2D eigenvalue weighted by Crippen LogP contribution is 2.15. The highest BCUT2D eigenvalue weighted by Gasteiger charge is 2.20. The molecule has 0 spiro atoms. The summed E-state index contributed by atoms with van der Waals surface area (Å²) in [6.07, 6.45) is 2.07. The van der Waals surface area contributed by atoms with Crippen molar-refractivity contribution in [3.8, 4) is 0 Å². The van der Waals surface area contributed by atoms with Crippen LogP contribution in [0.3, 0.4) is 0 Å². The largest absolute Gasteiger partial charge is 0.480 e. The molecule has 1 aliphatic heterocycles. The van der Waals surface area contributed by atoms with Crippen LogP contribution >= 0.6 is 0 Å². The van der Waals surface area contributed by atoms with Crippen LogP contribution < -0.4 is 0 Å². The second-order valence-electron chi connectivity index (χ2n) is 4.83. The Bertz CT molecular complexity index is 432. The topological polar surface area (TPSA) is 49.8 Å². The second-order valence-corrected chi connectivity index (χ2v) is 4.83. The van der Waals surface area contributed by atoms with Crippen LogP contribution in [0.1, 0.15) is 18.4 Å². The smallest absolute Gasteiger partial charge is 0.317 e. The van der Waals surface area contributed by atoms with Crippen molar-refractivity contribution >= 4 is 5.97 Å². The Labute approximate surface area is 111 Å². The summed E-state index contributed by atoms with van der Waals surface area (Å²) in [5.41, 5.74) is 0.777. The summed E-state index contributed by atoms with van der Waals surface area (Å²) in [6.45, 7) is 1.68. The minimum Gasteiger partial charge on any atom is -0.480 e. The number of hydrogen-bond donors (Lipinski definition) is 1. The van der Waals surface area contributed by atoms with Crippen molar-refractivity contribution in [3.05, 3.63) is 35.6 Å². The van der Waals surface area contributed by atoms with E-state index in [2.05, 4.69) is 0 Å². The van der Waals surface area contributed by atoms with Gasteiger partial charge >= 0.3 is 5.97 Å². The number of nitrogens with zero attached hydrogens (tertiary/aromatic N) is 1. The summed E-state index contributed by atoms with van der Waals surface area (Å²) in [7, 11) is 0. The molecule has 2 rings (SSSR count). The molecule has 1 saturated heterocycles. The van der Waals surface area contributed by atoms with E-state index in [1.165, 1.54) is 12.1 Å². The molecule has 1 atom stereocenters. The predicted molar refractivity (Wildman–Crippen MR) is 68.3 cm³/mol. The third-order valence-corrected chi connectivity index (χ3v) is 3.14. The van der Waals surface area contributed by atoms with E-state index in [0.717, 1.165) is 25.0 Å². The Morgan fingerprint density at radius 1 is 1.53 bits per heavy atom. The van der Waals surface area contributed by atoms with Gasteiger partial charge in [0.2, 0.25) is 0 Å². The molecule has 0 bridgehead atoms. The Morgan fingerprint density at radius 2 is 2.37 bits per heavy atom. The highest BCUT2D eigenvalue weighted by atomic mass is 19.1. The first-order chi connectivity index (χ1) is 9.13. The molecule has 1 aliphatic rings. The van der Waals surface area contributed by atoms with E-state index in [0.29, 0.717) is 13.1 Å². The Kier molecular flexibility index (Phi) is 4.87. The van der Waals surface area contributed by atoms with Crippen LogP contribution in [0, 0.1) is 5.82 Å². The molecule has 0 aliphatic carbocycles. The molecular weight excluding hydrogens is 249 g/mol. The van der Waals surface area contributed by atoms with E-state index < -0.39 is 5.97 Å². The Morgan fingerprint density at radius 3 is 3.00 bits per heavy atom. The third-order valence-electron chi connectivity index (χ3n) is 3.14. The third kappa shape index (κ3) is 4.61. The first-order valence-corrected chi connectivity index (χ1v) is 6.43. The fourth-order valence-corrected chi connectivity index (χ4v) is 2.35. The lowest BCUT2D eigenvalue weighted by Gasteiger charge is -2.23. The number of ether oxygens (including phenoxy) is 1. The summed E-state index contributed by atoms with van der Waals surface area (Å²) in [6, 6.07) is 6.25. The molecule has 0 saturated carbocycles. The van der Waals surface area contributed by atoms with Crippen molar-refractivity contribution in [3.63, 3.8) is 0 Å². The molecule has 1 N–H and O–H groups in total. The van der Waals surface area contributed by atoms with Crippen LogP contribution in [0.5, 0.6) is 0 Å². The zero-order valence-electron chi connectivity index (χ0n) is 10.7. The zero-order chi connectivity index (χ0) is 13.7. The molecule has 1 fully saturated rings. The van der Waals surface area contributed by atoms with E-state index in [4.69, 9.17) is 9.84 Å². The van der Waals surface area contributed by atoms with Gasteiger partial charge in [-0.1, -0.05) is 12.1 Å². The van der Waals surface area contributed by atoms with E-state index in [9.17, 15) is 9.18 Å². The van der Waals surface area contributed by atoms with Crippen LogP contribution in [0.2, 0.25) is 0 Å². The van der Waals surface area contributed by atoms with Gasteiger partial charge in [0.1, 0.15) is 5.82 Å². The molecule has 1 heterocycles. The van der Waals surface area contributed by atoms with E-state index in [-0.39, 0.29) is 18.5 Å². The molecule has 1 aromatic carbocycles. The number of hydrogen-bond acceptors (Lipinski definition) is 3. The maximum Gasteiger partial charge on any atom is 0.317 e. The molecule has 1 aromatic rings. The Balaban J connectivity index is 1.98. The predicted octanol–water partition coefficient (Wildman–Crippen LogP) is 1.89. The monoisotopic (exact) mass is 267 g/mol. The van der Waals surface area contributed by atoms with Crippen LogP contribution in [-0.4, -0.2) is 41.8 Å². The van der Waals surface area contributed by atoms with Gasteiger partial charge in [0.25, 0.3) is 0 Å². The van der Waals surface area contributed by atoms with Crippen LogP contribution in [0.4, 0.5) is 4.39 Å². The van der Waals surface area contributed by atoms with Crippen molar-refractivity contribution in [1.29, 1.82) is 0 Å². The average molecular weight is 267 g/mol. The number of carboxylic acid groups (broad SMARTS) is 1. The summed E-state index contributed by atoms with van der Waals surface area (Å²) in [5.74, 6) is -1.18. The summed E-state index contributed by atoms with van der Waals surface area (Å²) in [4.78, 5) is 12.7. The number of carbonyl (C=O) groups is 1. The quantitative estimate of drug-likeness (QED) is 0.855. The summed E-state index contributed by atoms with van der Waals surface area (Å²) < 4.78 is 18.6. The number of rotatable bonds is 6. The lowest BCUT2D eigenvalue weighted by Crippen LogP contribution is -2.35. The molecule has 4 nitrogen and oxygen atoms in total. The van der Waals surface area contributed by atoms with Gasteiger partial charge in [-0.3, -0.25) is 9.69 Å². The van der Waals surface area contributed by atoms with Gasteiger partial charge < -0.3 is 9.84 Å². The van der Waals surface area contributed by atoms with Gasteiger partial charge in [0, 0.05) is 19.7 Å². The number of carboxylic acids is 1. The molecule has 19 heavy (non-hydrogen) atoms. The van der Waals surface area contributed by atoms with Crippen molar-refractivity contribution in [2.45, 2.75) is 25.5 Å². The second kappa shape index (κ2) is 6.63. The number of benzene rings is 1. The maximum absolute atomic E-state index is 13.1. The van der Waals surface area contributed by atoms with Crippen LogP contribution in [0.15, 0.2) is 24.3 Å². The lowest BCUT2D eigenvalue weighted by molar-refractivity contribution is -0.138. The molecule has 0 radical (unpaired) electrons. The van der Waals surface area contributed by atoms with Gasteiger partial charge in [-0.25, -0.2) is 4.39 Å². The molecule has 5 heteroatoms. The van der Waals surface area contributed by atoms with Crippen molar-refractivity contribution in [2.24, 2.45) is 0 Å². The molecule has 0 aromatic heterocycles. The van der Waals surface area contributed by atoms with Crippen molar-refractivity contribution in [1.82, 2.24) is 4.90 Å². The van der Waals surface area contributed by atoms with Gasteiger partial charge in [0.05, 0.1) is 12.6 Å². The first-order valence-electron chi connectivity index (χ1n) is 6.43. The molecular formula is C14H18FNO3. The number of aliphatic carboxylic acids is 1. The SMILES string of the molecule is O=C(O)CN(Cc1cccc(F)c1)C[C@@H]1CCCO1. The summed E-state index contributed by atoms with van der Waals surface area (Å²) >= 11 is 0. The zero-order valence-corrected chi connectivity index (χ0v) is 10.7. The minimum absolute atomic E-state index is 0.0592. The lowest BCUT2D eigenvalue weighted by atomic mass is 10.2. The normalized spacial score (nSPS) is 18.9. The molecule has 0 amide bonds. The summed E-state index contributed by atoms with van der Waals surface area (Å²) in [5, 5.41) is 8.93. The van der Waals surface area contributed by atoms with E-state index in [1.54, 1.807) is 17.0 Å². The average Bonchev–Trinajstić information content (AvgIpc) is 2.80. The molecule has 104 valence electrons. The van der Waals surface area contributed by atoms with Gasteiger partial charge in [0.15, 0.2) is 0 Å². The van der Waals surface area contributed by atoms with E-state index in [1.807, 2.05) is 0 Å². The van der Waals surface area contributed by atoms with Crippen molar-refractivity contribution < 1.29 is 19.0 Å². The Hall–Kier alpha value is -1.46. The van der Waals surface area contributed by atoms with Gasteiger partial charge in [-0.2, -0.15) is 0 Å². The van der Waals surface area contributed by atoms with Gasteiger partial charge in [-0.05, 0) is 30.5 Å². The van der Waals surface area contributed by atoms with Crippen LogP contribution in [0.25, 0.3) is 0 Å². The standard InChI is InChI=1S/C14H18FNO3/c15-12-4-1-3-11(7-12)8-16(10-14(17)18)9-13-5-2-6-19-13/h1,3-4,7,13H,2,5-6,8-10H2,(H,17,18)/t13-/m0/s1.